The van der Waals surface area contributed by atoms with Crippen LogP contribution in [-0.4, -0.2) is 23.3 Å². The van der Waals surface area contributed by atoms with Crippen molar-refractivity contribution >= 4 is 0 Å². The van der Waals surface area contributed by atoms with Crippen molar-refractivity contribution < 1.29 is 9.84 Å². The van der Waals surface area contributed by atoms with Gasteiger partial charge in [-0.3, -0.25) is 0 Å². The largest absolute Gasteiger partial charge is 0.481 e. The quantitative estimate of drug-likeness (QED) is 0.713. The van der Waals surface area contributed by atoms with Crippen molar-refractivity contribution in [1.29, 1.82) is 0 Å². The Morgan fingerprint density at radius 2 is 2.23 bits per heavy atom. The van der Waals surface area contributed by atoms with Gasteiger partial charge in [-0.15, -0.1) is 0 Å². The highest BCUT2D eigenvalue weighted by atomic mass is 16.5. The fourth-order valence-electron chi connectivity index (χ4n) is 0.977. The van der Waals surface area contributed by atoms with Gasteiger partial charge >= 0.3 is 0 Å². The zero-order chi connectivity index (χ0) is 9.84. The van der Waals surface area contributed by atoms with Gasteiger partial charge in [-0.1, -0.05) is 6.07 Å². The van der Waals surface area contributed by atoms with E-state index < -0.39 is 12.1 Å². The first-order chi connectivity index (χ1) is 6.15. The molecule has 3 N–H and O–H groups in total. The zero-order valence-electron chi connectivity index (χ0n) is 7.77. The van der Waals surface area contributed by atoms with E-state index in [1.165, 1.54) is 0 Å². The van der Waals surface area contributed by atoms with Gasteiger partial charge in [0.15, 0.2) is 0 Å². The Hall–Kier alpha value is -1.13. The van der Waals surface area contributed by atoms with Gasteiger partial charge in [0, 0.05) is 6.07 Å². The van der Waals surface area contributed by atoms with Gasteiger partial charge in [0.05, 0.1) is 24.9 Å². The molecule has 1 rings (SSSR count). The maximum atomic E-state index is 9.23. The van der Waals surface area contributed by atoms with E-state index in [4.69, 9.17) is 10.5 Å². The van der Waals surface area contributed by atoms with Crippen LogP contribution in [0.1, 0.15) is 18.7 Å². The predicted octanol–water partition coefficient (Wildman–Crippen LogP) is 0.471. The van der Waals surface area contributed by atoms with Crippen molar-refractivity contribution in [3.05, 3.63) is 23.9 Å². The standard InChI is InChI=1S/C9H14N2O2/c1-6(12)9(10)7-4-3-5-8(11-7)13-2/h3-6,9,12H,10H2,1-2H3/t6-,9-/m0/s1. The third kappa shape index (κ3) is 2.40. The van der Waals surface area contributed by atoms with Crippen molar-refractivity contribution in [2.45, 2.75) is 19.1 Å². The molecule has 2 atom stereocenters. The summed E-state index contributed by atoms with van der Waals surface area (Å²) in [6.07, 6.45) is -0.611. The maximum Gasteiger partial charge on any atom is 0.213 e. The lowest BCUT2D eigenvalue weighted by Crippen LogP contribution is -2.24. The van der Waals surface area contributed by atoms with Crippen molar-refractivity contribution in [2.24, 2.45) is 5.73 Å². The van der Waals surface area contributed by atoms with Gasteiger partial charge in [0.2, 0.25) is 5.88 Å². The minimum Gasteiger partial charge on any atom is -0.481 e. The van der Waals surface area contributed by atoms with E-state index in [-0.39, 0.29) is 0 Å². The summed E-state index contributed by atoms with van der Waals surface area (Å²) in [6.45, 7) is 1.63. The van der Waals surface area contributed by atoms with Crippen LogP contribution in [0, 0.1) is 0 Å². The van der Waals surface area contributed by atoms with Crippen LogP contribution in [0.3, 0.4) is 0 Å². The van der Waals surface area contributed by atoms with Crippen molar-refractivity contribution in [1.82, 2.24) is 4.98 Å². The number of hydrogen-bond acceptors (Lipinski definition) is 4. The number of hydrogen-bond donors (Lipinski definition) is 2. The van der Waals surface area contributed by atoms with Crippen LogP contribution in [0.4, 0.5) is 0 Å². The normalized spacial score (nSPS) is 15.1. The smallest absolute Gasteiger partial charge is 0.213 e. The van der Waals surface area contributed by atoms with Gasteiger partial charge in [-0.25, -0.2) is 4.98 Å². The van der Waals surface area contributed by atoms with Crippen molar-refractivity contribution in [2.75, 3.05) is 7.11 Å². The minimum atomic E-state index is -0.611. The summed E-state index contributed by atoms with van der Waals surface area (Å²) in [6, 6.07) is 4.83. The van der Waals surface area contributed by atoms with E-state index in [1.807, 2.05) is 0 Å². The number of aliphatic hydroxyl groups excluding tert-OH is 1. The molecule has 0 aliphatic rings. The van der Waals surface area contributed by atoms with Crippen LogP contribution < -0.4 is 10.5 Å². The molecular weight excluding hydrogens is 168 g/mol. The van der Waals surface area contributed by atoms with Crippen LogP contribution in [0.25, 0.3) is 0 Å². The summed E-state index contributed by atoms with van der Waals surface area (Å²) in [5.74, 6) is 0.508. The first-order valence-corrected chi connectivity index (χ1v) is 4.09. The fraction of sp³-hybridized carbons (Fsp3) is 0.444. The molecule has 0 bridgehead atoms. The number of rotatable bonds is 3. The van der Waals surface area contributed by atoms with E-state index >= 15 is 0 Å². The molecule has 4 heteroatoms. The Morgan fingerprint density at radius 3 is 2.77 bits per heavy atom. The maximum absolute atomic E-state index is 9.23. The second-order valence-electron chi connectivity index (χ2n) is 2.87. The number of nitrogens with zero attached hydrogens (tertiary/aromatic N) is 1. The second kappa shape index (κ2) is 4.20. The predicted molar refractivity (Wildman–Crippen MR) is 49.4 cm³/mol. The number of methoxy groups -OCH3 is 1. The van der Waals surface area contributed by atoms with E-state index in [9.17, 15) is 5.11 Å². The summed E-state index contributed by atoms with van der Waals surface area (Å²) in [5, 5.41) is 9.23. The van der Waals surface area contributed by atoms with Crippen LogP contribution in [0.5, 0.6) is 5.88 Å². The molecule has 0 saturated carbocycles. The van der Waals surface area contributed by atoms with E-state index in [2.05, 4.69) is 4.98 Å². The molecule has 0 unspecified atom stereocenters. The summed E-state index contributed by atoms with van der Waals surface area (Å²) in [5.41, 5.74) is 6.33. The van der Waals surface area contributed by atoms with Crippen LogP contribution >= 0.6 is 0 Å². The Kier molecular flexibility index (Phi) is 3.22. The SMILES string of the molecule is COc1cccc([C@@H](N)[C@H](C)O)n1. The highest BCUT2D eigenvalue weighted by molar-refractivity contribution is 5.18. The topological polar surface area (TPSA) is 68.4 Å². The molecule has 4 nitrogen and oxygen atoms in total. The Morgan fingerprint density at radius 1 is 1.54 bits per heavy atom. The highest BCUT2D eigenvalue weighted by Crippen LogP contribution is 2.14. The number of nitrogens with two attached hydrogens (primary N) is 1. The summed E-state index contributed by atoms with van der Waals surface area (Å²) in [7, 11) is 1.54. The van der Waals surface area contributed by atoms with Crippen LogP contribution in [0.15, 0.2) is 18.2 Å². The zero-order valence-corrected chi connectivity index (χ0v) is 7.77. The van der Waals surface area contributed by atoms with Gasteiger partial charge < -0.3 is 15.6 Å². The number of ether oxygens (including phenoxy) is 1. The molecule has 0 aromatic carbocycles. The second-order valence-corrected chi connectivity index (χ2v) is 2.87. The lowest BCUT2D eigenvalue weighted by molar-refractivity contribution is 0.162. The Balaban J connectivity index is 2.88. The average molecular weight is 182 g/mol. The van der Waals surface area contributed by atoms with Crippen LogP contribution in [-0.2, 0) is 0 Å². The average Bonchev–Trinajstić information content (AvgIpc) is 2.16. The molecule has 1 aromatic rings. The molecular formula is C9H14N2O2. The summed E-state index contributed by atoms with van der Waals surface area (Å²) < 4.78 is 4.94. The van der Waals surface area contributed by atoms with Gasteiger partial charge in [-0.05, 0) is 13.0 Å². The lowest BCUT2D eigenvalue weighted by atomic mass is 10.1. The molecule has 0 saturated heterocycles. The number of pyridine rings is 1. The molecule has 0 radical (unpaired) electrons. The molecule has 1 aromatic heterocycles. The summed E-state index contributed by atoms with van der Waals surface area (Å²) in [4.78, 5) is 4.11. The molecule has 0 fully saturated rings. The van der Waals surface area contributed by atoms with Gasteiger partial charge in [0.1, 0.15) is 0 Å². The van der Waals surface area contributed by atoms with Crippen molar-refractivity contribution in [3.8, 4) is 5.88 Å². The van der Waals surface area contributed by atoms with E-state index in [0.717, 1.165) is 0 Å². The number of aliphatic hydroxyl groups is 1. The highest BCUT2D eigenvalue weighted by Gasteiger charge is 2.13. The monoisotopic (exact) mass is 182 g/mol. The van der Waals surface area contributed by atoms with Crippen LogP contribution in [0.2, 0.25) is 0 Å². The summed E-state index contributed by atoms with van der Waals surface area (Å²) >= 11 is 0. The third-order valence-electron chi connectivity index (χ3n) is 1.82. The molecule has 1 heterocycles. The fourth-order valence-corrected chi connectivity index (χ4v) is 0.977. The van der Waals surface area contributed by atoms with Crippen molar-refractivity contribution in [3.63, 3.8) is 0 Å². The number of aromatic nitrogens is 1. The molecule has 0 spiro atoms. The molecule has 72 valence electrons. The van der Waals surface area contributed by atoms with Gasteiger partial charge in [-0.2, -0.15) is 0 Å². The molecule has 0 amide bonds. The van der Waals surface area contributed by atoms with Gasteiger partial charge in [0.25, 0.3) is 0 Å². The molecule has 0 aliphatic carbocycles. The molecule has 0 aliphatic heterocycles. The Labute approximate surface area is 77.4 Å². The van der Waals surface area contributed by atoms with E-state index in [0.29, 0.717) is 11.6 Å². The van der Waals surface area contributed by atoms with E-state index in [1.54, 1.807) is 32.2 Å². The minimum absolute atomic E-state index is 0.463. The lowest BCUT2D eigenvalue weighted by Gasteiger charge is -2.14. The third-order valence-corrected chi connectivity index (χ3v) is 1.82. The first-order valence-electron chi connectivity index (χ1n) is 4.09. The Bertz CT molecular complexity index is 276. The first kappa shape index (κ1) is 9.95. The molecule has 13 heavy (non-hydrogen) atoms.